The summed E-state index contributed by atoms with van der Waals surface area (Å²) in [4.78, 5) is 23.9. The van der Waals surface area contributed by atoms with E-state index in [1.807, 2.05) is 0 Å². The highest BCUT2D eigenvalue weighted by atomic mass is 19.1. The number of amides is 2. The summed E-state index contributed by atoms with van der Waals surface area (Å²) >= 11 is 0. The molecule has 1 fully saturated rings. The summed E-state index contributed by atoms with van der Waals surface area (Å²) in [5.41, 5.74) is 0.789. The highest BCUT2D eigenvalue weighted by molar-refractivity contribution is 5.94. The molecule has 3 N–H and O–H groups in total. The minimum absolute atomic E-state index is 0.0353. The zero-order valence-electron chi connectivity index (χ0n) is 13.6. The molecule has 1 aromatic rings. The smallest absolute Gasteiger partial charge is 0.251 e. The molecule has 0 unspecified atom stereocenters. The predicted molar refractivity (Wildman–Crippen MR) is 86.7 cm³/mol. The Hall–Kier alpha value is -1.95. The van der Waals surface area contributed by atoms with Crippen LogP contribution in [0.3, 0.4) is 0 Å². The van der Waals surface area contributed by atoms with E-state index in [1.165, 1.54) is 6.07 Å². The Kier molecular flexibility index (Phi) is 6.10. The van der Waals surface area contributed by atoms with E-state index in [9.17, 15) is 14.0 Å². The van der Waals surface area contributed by atoms with Gasteiger partial charge in [0.2, 0.25) is 5.91 Å². The second-order valence-electron chi connectivity index (χ2n) is 6.09. The van der Waals surface area contributed by atoms with Crippen molar-refractivity contribution in [3.05, 3.63) is 35.1 Å². The maximum Gasteiger partial charge on any atom is 0.251 e. The van der Waals surface area contributed by atoms with Gasteiger partial charge in [0.25, 0.3) is 5.91 Å². The monoisotopic (exact) mass is 321 g/mol. The summed E-state index contributed by atoms with van der Waals surface area (Å²) in [7, 11) is 0. The molecule has 0 saturated carbocycles. The van der Waals surface area contributed by atoms with Gasteiger partial charge in [-0.2, -0.15) is 0 Å². The topological polar surface area (TPSA) is 70.2 Å². The Morgan fingerprint density at radius 1 is 1.30 bits per heavy atom. The van der Waals surface area contributed by atoms with E-state index in [0.717, 1.165) is 19.4 Å². The lowest BCUT2D eigenvalue weighted by molar-refractivity contribution is -0.126. The van der Waals surface area contributed by atoms with Gasteiger partial charge in [-0.25, -0.2) is 4.39 Å². The van der Waals surface area contributed by atoms with Crippen molar-refractivity contribution in [3.8, 4) is 0 Å². The van der Waals surface area contributed by atoms with Crippen LogP contribution in [0.4, 0.5) is 4.39 Å². The minimum Gasteiger partial charge on any atom is -0.354 e. The molecule has 126 valence electrons. The summed E-state index contributed by atoms with van der Waals surface area (Å²) in [6.45, 7) is 5.27. The quantitative estimate of drug-likeness (QED) is 0.717. The van der Waals surface area contributed by atoms with Crippen LogP contribution < -0.4 is 16.0 Å². The van der Waals surface area contributed by atoms with Crippen LogP contribution in [-0.2, 0) is 4.79 Å². The zero-order valence-corrected chi connectivity index (χ0v) is 13.6. The van der Waals surface area contributed by atoms with Gasteiger partial charge in [-0.1, -0.05) is 6.07 Å². The lowest BCUT2D eigenvalue weighted by atomic mass is 9.92. The molecule has 2 atom stereocenters. The molecule has 1 saturated heterocycles. The Morgan fingerprint density at radius 3 is 2.74 bits per heavy atom. The second kappa shape index (κ2) is 8.06. The van der Waals surface area contributed by atoms with Crippen LogP contribution in [0.1, 0.15) is 35.7 Å². The molecule has 1 aromatic carbocycles. The van der Waals surface area contributed by atoms with Gasteiger partial charge in [-0.3, -0.25) is 9.59 Å². The van der Waals surface area contributed by atoms with E-state index >= 15 is 0 Å². The highest BCUT2D eigenvalue weighted by Crippen LogP contribution is 2.15. The Bertz CT molecular complexity index is 577. The molecule has 0 aliphatic carbocycles. The third-order valence-corrected chi connectivity index (χ3v) is 4.14. The van der Waals surface area contributed by atoms with E-state index in [0.29, 0.717) is 24.7 Å². The predicted octanol–water partition coefficient (Wildman–Crippen LogP) is 1.37. The first-order chi connectivity index (χ1) is 11.0. The van der Waals surface area contributed by atoms with Crippen LogP contribution in [0.2, 0.25) is 0 Å². The molecule has 23 heavy (non-hydrogen) atoms. The average molecular weight is 321 g/mol. The van der Waals surface area contributed by atoms with Gasteiger partial charge in [0.15, 0.2) is 0 Å². The van der Waals surface area contributed by atoms with Crippen molar-refractivity contribution in [1.29, 1.82) is 0 Å². The molecule has 0 aromatic heterocycles. The van der Waals surface area contributed by atoms with Crippen molar-refractivity contribution in [1.82, 2.24) is 16.0 Å². The maximum absolute atomic E-state index is 13.4. The van der Waals surface area contributed by atoms with Crippen LogP contribution >= 0.6 is 0 Å². The van der Waals surface area contributed by atoms with Crippen LogP contribution in [0.5, 0.6) is 0 Å². The number of hydrogen-bond donors (Lipinski definition) is 3. The first kappa shape index (κ1) is 17.4. The Labute approximate surface area is 136 Å². The number of nitrogens with one attached hydrogen (secondary N) is 3. The number of halogens is 1. The molecular formula is C17H24FN3O2. The van der Waals surface area contributed by atoms with Crippen molar-refractivity contribution < 1.29 is 14.0 Å². The van der Waals surface area contributed by atoms with E-state index in [4.69, 9.17) is 0 Å². The molecular weight excluding hydrogens is 297 g/mol. The molecule has 1 aliphatic heterocycles. The summed E-state index contributed by atoms with van der Waals surface area (Å²) in [6, 6.07) is 4.74. The van der Waals surface area contributed by atoms with Gasteiger partial charge in [0, 0.05) is 30.6 Å². The van der Waals surface area contributed by atoms with Gasteiger partial charge in [0.05, 0.1) is 0 Å². The summed E-state index contributed by atoms with van der Waals surface area (Å²) in [6.07, 6.45) is 1.67. The van der Waals surface area contributed by atoms with Crippen LogP contribution in [0.25, 0.3) is 0 Å². The SMILES string of the molecule is Cc1ccc(C(=O)NCCNC(=O)[C@H]2CCN[C@@H](C)C2)cc1F. The van der Waals surface area contributed by atoms with Crippen molar-refractivity contribution >= 4 is 11.8 Å². The number of carbonyl (C=O) groups excluding carboxylic acids is 2. The number of benzene rings is 1. The number of hydrogen-bond acceptors (Lipinski definition) is 3. The fourth-order valence-corrected chi connectivity index (χ4v) is 2.71. The zero-order chi connectivity index (χ0) is 16.8. The highest BCUT2D eigenvalue weighted by Gasteiger charge is 2.24. The van der Waals surface area contributed by atoms with E-state index < -0.39 is 5.82 Å². The first-order valence-corrected chi connectivity index (χ1v) is 8.03. The summed E-state index contributed by atoms with van der Waals surface area (Å²) < 4.78 is 13.4. The average Bonchev–Trinajstić information content (AvgIpc) is 2.53. The van der Waals surface area contributed by atoms with Crippen molar-refractivity contribution in [2.45, 2.75) is 32.7 Å². The van der Waals surface area contributed by atoms with Crippen LogP contribution in [0, 0.1) is 18.7 Å². The van der Waals surface area contributed by atoms with Gasteiger partial charge in [-0.15, -0.1) is 0 Å². The van der Waals surface area contributed by atoms with Crippen molar-refractivity contribution in [2.24, 2.45) is 5.92 Å². The molecule has 1 heterocycles. The fourth-order valence-electron chi connectivity index (χ4n) is 2.71. The summed E-state index contributed by atoms with van der Waals surface area (Å²) in [5, 5.41) is 8.83. The van der Waals surface area contributed by atoms with Crippen molar-refractivity contribution in [2.75, 3.05) is 19.6 Å². The maximum atomic E-state index is 13.4. The Balaban J connectivity index is 1.71. The van der Waals surface area contributed by atoms with Crippen molar-refractivity contribution in [3.63, 3.8) is 0 Å². The van der Waals surface area contributed by atoms with Gasteiger partial charge >= 0.3 is 0 Å². The van der Waals surface area contributed by atoms with Gasteiger partial charge in [-0.05, 0) is 50.9 Å². The fraction of sp³-hybridized carbons (Fsp3) is 0.529. The molecule has 0 spiro atoms. The molecule has 2 rings (SSSR count). The molecule has 5 nitrogen and oxygen atoms in total. The molecule has 0 radical (unpaired) electrons. The third kappa shape index (κ3) is 5.03. The second-order valence-corrected chi connectivity index (χ2v) is 6.09. The van der Waals surface area contributed by atoms with E-state index in [1.54, 1.807) is 19.1 Å². The number of aryl methyl sites for hydroxylation is 1. The normalized spacial score (nSPS) is 20.8. The lowest BCUT2D eigenvalue weighted by Crippen LogP contribution is -2.44. The summed E-state index contributed by atoms with van der Waals surface area (Å²) in [5.74, 6) is -0.665. The number of piperidine rings is 1. The van der Waals surface area contributed by atoms with Gasteiger partial charge in [0.1, 0.15) is 5.82 Å². The Morgan fingerprint density at radius 2 is 2.04 bits per heavy atom. The molecule has 0 bridgehead atoms. The van der Waals surface area contributed by atoms with Crippen LogP contribution in [-0.4, -0.2) is 37.5 Å². The minimum atomic E-state index is -0.397. The van der Waals surface area contributed by atoms with E-state index in [-0.39, 0.29) is 23.3 Å². The molecule has 1 aliphatic rings. The number of carbonyl (C=O) groups is 2. The van der Waals surface area contributed by atoms with E-state index in [2.05, 4.69) is 22.9 Å². The molecule has 2 amide bonds. The first-order valence-electron chi connectivity index (χ1n) is 8.03. The number of rotatable bonds is 5. The lowest BCUT2D eigenvalue weighted by Gasteiger charge is -2.27. The largest absolute Gasteiger partial charge is 0.354 e. The van der Waals surface area contributed by atoms with Crippen LogP contribution in [0.15, 0.2) is 18.2 Å². The third-order valence-electron chi connectivity index (χ3n) is 4.14. The molecule has 6 heteroatoms. The standard InChI is InChI=1S/C17H24FN3O2/c1-11-3-4-13(10-15(11)18)16(22)20-7-8-21-17(23)14-5-6-19-12(2)9-14/h3-4,10,12,14,19H,5-9H2,1-2H3,(H,20,22)(H,21,23)/t12-,14-/m0/s1. The van der Waals surface area contributed by atoms with Gasteiger partial charge < -0.3 is 16.0 Å².